The number of hydrogen-bond donors (Lipinski definition) is 3. The average molecular weight is 266 g/mol. The van der Waals surface area contributed by atoms with Gasteiger partial charge in [0.1, 0.15) is 5.82 Å². The van der Waals surface area contributed by atoms with Crippen LogP contribution in [0.5, 0.6) is 0 Å². The van der Waals surface area contributed by atoms with Gasteiger partial charge in [0.25, 0.3) is 0 Å². The minimum atomic E-state index is -1.17. The summed E-state index contributed by atoms with van der Waals surface area (Å²) in [6.07, 6.45) is 0. The molecule has 1 aromatic heterocycles. The number of hydrogen-bond acceptors (Lipinski definition) is 4. The number of rotatable bonds is 4. The number of anilines is 2. The predicted octanol–water partition coefficient (Wildman–Crippen LogP) is 2.78. The normalized spacial score (nSPS) is 10.3. The fraction of sp³-hybridized carbons (Fsp3) is 0.0833. The Balaban J connectivity index is 2.22. The highest BCUT2D eigenvalue weighted by molar-refractivity contribution is 7.07. The van der Waals surface area contributed by atoms with Gasteiger partial charge in [-0.2, -0.15) is 11.3 Å². The van der Waals surface area contributed by atoms with Crippen molar-refractivity contribution in [2.45, 2.75) is 6.54 Å². The molecule has 94 valence electrons. The van der Waals surface area contributed by atoms with Crippen molar-refractivity contribution < 1.29 is 14.3 Å². The molecule has 2 rings (SSSR count). The van der Waals surface area contributed by atoms with Crippen molar-refractivity contribution >= 4 is 28.7 Å². The van der Waals surface area contributed by atoms with Crippen LogP contribution in [0.1, 0.15) is 15.9 Å². The Morgan fingerprint density at radius 3 is 2.89 bits per heavy atom. The number of carboxylic acid groups (broad SMARTS) is 1. The van der Waals surface area contributed by atoms with Crippen LogP contribution in [-0.2, 0) is 6.54 Å². The Labute approximate surface area is 107 Å². The molecule has 0 amide bonds. The molecule has 0 aliphatic heterocycles. The average Bonchev–Trinajstić information content (AvgIpc) is 2.80. The number of carbonyl (C=O) groups is 1. The number of aromatic carboxylic acids is 1. The number of thiophene rings is 1. The summed E-state index contributed by atoms with van der Waals surface area (Å²) < 4.78 is 13.6. The first kappa shape index (κ1) is 12.4. The van der Waals surface area contributed by atoms with Crippen LogP contribution in [0, 0.1) is 5.82 Å². The quantitative estimate of drug-likeness (QED) is 0.744. The Hall–Kier alpha value is -2.08. The van der Waals surface area contributed by atoms with Crippen LogP contribution < -0.4 is 11.1 Å². The number of carboxylic acids is 1. The summed E-state index contributed by atoms with van der Waals surface area (Å²) in [6, 6.07) is 4.13. The second-order valence-electron chi connectivity index (χ2n) is 3.71. The molecule has 0 spiro atoms. The van der Waals surface area contributed by atoms with E-state index in [-0.39, 0.29) is 16.9 Å². The fourth-order valence-corrected chi connectivity index (χ4v) is 2.17. The maximum Gasteiger partial charge on any atom is 0.337 e. The third-order valence-corrected chi connectivity index (χ3v) is 3.16. The van der Waals surface area contributed by atoms with Gasteiger partial charge in [0, 0.05) is 12.2 Å². The zero-order valence-electron chi connectivity index (χ0n) is 9.31. The third kappa shape index (κ3) is 2.60. The van der Waals surface area contributed by atoms with E-state index in [2.05, 4.69) is 5.32 Å². The zero-order chi connectivity index (χ0) is 13.1. The molecule has 0 unspecified atom stereocenters. The molecule has 0 aliphatic rings. The molecule has 0 radical (unpaired) electrons. The number of benzene rings is 1. The van der Waals surface area contributed by atoms with E-state index in [1.165, 1.54) is 6.07 Å². The molecule has 0 atom stereocenters. The number of nitrogens with two attached hydrogens (primary N) is 1. The molecular formula is C12H11FN2O2S. The number of halogens is 1. The minimum Gasteiger partial charge on any atom is -0.478 e. The van der Waals surface area contributed by atoms with Gasteiger partial charge in [-0.25, -0.2) is 9.18 Å². The molecule has 0 aliphatic carbocycles. The smallest absolute Gasteiger partial charge is 0.337 e. The first-order valence-corrected chi connectivity index (χ1v) is 6.09. The lowest BCUT2D eigenvalue weighted by molar-refractivity contribution is 0.0698. The van der Waals surface area contributed by atoms with E-state index in [4.69, 9.17) is 10.8 Å². The van der Waals surface area contributed by atoms with Crippen LogP contribution >= 0.6 is 11.3 Å². The highest BCUT2D eigenvalue weighted by atomic mass is 32.1. The molecule has 0 fully saturated rings. The SMILES string of the molecule is Nc1cc(F)c(NCc2ccsc2)cc1C(=O)O. The van der Waals surface area contributed by atoms with Gasteiger partial charge >= 0.3 is 5.97 Å². The van der Waals surface area contributed by atoms with E-state index in [1.54, 1.807) is 11.3 Å². The molecule has 1 aromatic carbocycles. The first-order chi connectivity index (χ1) is 8.58. The van der Waals surface area contributed by atoms with E-state index in [0.29, 0.717) is 6.54 Å². The largest absolute Gasteiger partial charge is 0.478 e. The lowest BCUT2D eigenvalue weighted by Crippen LogP contribution is -2.07. The van der Waals surface area contributed by atoms with Crippen LogP contribution in [-0.4, -0.2) is 11.1 Å². The van der Waals surface area contributed by atoms with Crippen LogP contribution in [0.25, 0.3) is 0 Å². The van der Waals surface area contributed by atoms with Gasteiger partial charge in [-0.15, -0.1) is 0 Å². The van der Waals surface area contributed by atoms with Crippen molar-refractivity contribution in [3.05, 3.63) is 45.9 Å². The maximum atomic E-state index is 13.6. The third-order valence-electron chi connectivity index (χ3n) is 2.43. The van der Waals surface area contributed by atoms with Gasteiger partial charge < -0.3 is 16.2 Å². The molecule has 0 saturated carbocycles. The van der Waals surface area contributed by atoms with Crippen molar-refractivity contribution in [1.82, 2.24) is 0 Å². The van der Waals surface area contributed by atoms with E-state index in [1.807, 2.05) is 16.8 Å². The predicted molar refractivity (Wildman–Crippen MR) is 69.4 cm³/mol. The van der Waals surface area contributed by atoms with E-state index in [9.17, 15) is 9.18 Å². The Bertz CT molecular complexity index is 570. The van der Waals surface area contributed by atoms with Gasteiger partial charge in [-0.3, -0.25) is 0 Å². The standard InChI is InChI=1S/C12H11FN2O2S/c13-9-4-10(14)8(12(16)17)3-11(9)15-5-7-1-2-18-6-7/h1-4,6,15H,5,14H2,(H,16,17). The van der Waals surface area contributed by atoms with E-state index >= 15 is 0 Å². The topological polar surface area (TPSA) is 75.3 Å². The van der Waals surface area contributed by atoms with Crippen molar-refractivity contribution in [3.8, 4) is 0 Å². The highest BCUT2D eigenvalue weighted by Crippen LogP contribution is 2.23. The molecule has 4 N–H and O–H groups in total. The van der Waals surface area contributed by atoms with Crippen molar-refractivity contribution in [3.63, 3.8) is 0 Å². The van der Waals surface area contributed by atoms with Crippen LogP contribution in [0.4, 0.5) is 15.8 Å². The maximum absolute atomic E-state index is 13.6. The summed E-state index contributed by atoms with van der Waals surface area (Å²) in [7, 11) is 0. The van der Waals surface area contributed by atoms with Crippen LogP contribution in [0.15, 0.2) is 29.0 Å². The van der Waals surface area contributed by atoms with Crippen molar-refractivity contribution in [2.75, 3.05) is 11.1 Å². The monoisotopic (exact) mass is 266 g/mol. The molecule has 1 heterocycles. The van der Waals surface area contributed by atoms with Gasteiger partial charge in [0.05, 0.1) is 11.3 Å². The molecule has 18 heavy (non-hydrogen) atoms. The summed E-state index contributed by atoms with van der Waals surface area (Å²) in [5, 5.41) is 15.6. The second-order valence-corrected chi connectivity index (χ2v) is 4.49. The summed E-state index contributed by atoms with van der Waals surface area (Å²) >= 11 is 1.54. The van der Waals surface area contributed by atoms with Crippen LogP contribution in [0.3, 0.4) is 0 Å². The molecule has 4 nitrogen and oxygen atoms in total. The van der Waals surface area contributed by atoms with Gasteiger partial charge in [0.2, 0.25) is 0 Å². The van der Waals surface area contributed by atoms with Gasteiger partial charge in [-0.05, 0) is 34.5 Å². The molecular weight excluding hydrogens is 255 g/mol. The molecule has 6 heteroatoms. The van der Waals surface area contributed by atoms with E-state index in [0.717, 1.165) is 11.6 Å². The lowest BCUT2D eigenvalue weighted by atomic mass is 10.1. The van der Waals surface area contributed by atoms with Gasteiger partial charge in [0.15, 0.2) is 0 Å². The summed E-state index contributed by atoms with van der Waals surface area (Å²) in [5.41, 5.74) is 6.39. The fourth-order valence-electron chi connectivity index (χ4n) is 1.50. The van der Waals surface area contributed by atoms with Gasteiger partial charge in [-0.1, -0.05) is 0 Å². The van der Waals surface area contributed by atoms with E-state index < -0.39 is 11.8 Å². The highest BCUT2D eigenvalue weighted by Gasteiger charge is 2.13. The first-order valence-electron chi connectivity index (χ1n) is 5.15. The van der Waals surface area contributed by atoms with Crippen molar-refractivity contribution in [1.29, 1.82) is 0 Å². The minimum absolute atomic E-state index is 0.0823. The lowest BCUT2D eigenvalue weighted by Gasteiger charge is -2.09. The molecule has 0 bridgehead atoms. The number of nitrogens with one attached hydrogen (secondary N) is 1. The second kappa shape index (κ2) is 5.05. The summed E-state index contributed by atoms with van der Waals surface area (Å²) in [5.74, 6) is -1.74. The van der Waals surface area contributed by atoms with Crippen molar-refractivity contribution in [2.24, 2.45) is 0 Å². The Morgan fingerprint density at radius 2 is 2.28 bits per heavy atom. The Morgan fingerprint density at radius 1 is 1.50 bits per heavy atom. The Kier molecular flexibility index (Phi) is 3.47. The molecule has 0 saturated heterocycles. The van der Waals surface area contributed by atoms with Crippen LogP contribution in [0.2, 0.25) is 0 Å². The number of nitrogen functional groups attached to an aromatic ring is 1. The zero-order valence-corrected chi connectivity index (χ0v) is 10.1. The molecule has 2 aromatic rings. The summed E-state index contributed by atoms with van der Waals surface area (Å²) in [4.78, 5) is 10.9. The summed E-state index contributed by atoms with van der Waals surface area (Å²) in [6.45, 7) is 0.434.